The topological polar surface area (TPSA) is 24.4 Å². The Morgan fingerprint density at radius 3 is 2.71 bits per heavy atom. The van der Waals surface area contributed by atoms with Gasteiger partial charge in [-0.3, -0.25) is 4.99 Å². The lowest BCUT2D eigenvalue weighted by molar-refractivity contribution is 0.250. The highest BCUT2D eigenvalue weighted by Gasteiger charge is 2.40. The maximum Gasteiger partial charge on any atom is 0.157 e. The van der Waals surface area contributed by atoms with Gasteiger partial charge >= 0.3 is 0 Å². The Morgan fingerprint density at radius 1 is 1.33 bits per heavy atom. The molecule has 0 aromatic carbocycles. The predicted molar refractivity (Wildman–Crippen MR) is 95.3 cm³/mol. The van der Waals surface area contributed by atoms with Crippen molar-refractivity contribution in [1.82, 2.24) is 5.32 Å². The van der Waals surface area contributed by atoms with Gasteiger partial charge in [-0.1, -0.05) is 38.6 Å². The van der Waals surface area contributed by atoms with Gasteiger partial charge in [0.05, 0.1) is 6.04 Å². The summed E-state index contributed by atoms with van der Waals surface area (Å²) >= 11 is 3.76. The Balaban J connectivity index is 1.72. The van der Waals surface area contributed by atoms with E-state index in [0.717, 1.165) is 5.92 Å². The first kappa shape index (κ1) is 15.4. The number of amidine groups is 1. The molecule has 3 rings (SSSR count). The van der Waals surface area contributed by atoms with Crippen molar-refractivity contribution in [3.8, 4) is 0 Å². The fourth-order valence-corrected chi connectivity index (χ4v) is 5.47. The maximum absolute atomic E-state index is 5.07. The summed E-state index contributed by atoms with van der Waals surface area (Å²) in [6.45, 7) is 6.92. The van der Waals surface area contributed by atoms with Crippen molar-refractivity contribution < 1.29 is 0 Å². The Bertz CT molecular complexity index is 485. The van der Waals surface area contributed by atoms with Crippen LogP contribution < -0.4 is 5.32 Å². The molecule has 116 valence electrons. The molecule has 2 heterocycles. The fourth-order valence-electron chi connectivity index (χ4n) is 3.29. The quantitative estimate of drug-likeness (QED) is 0.838. The van der Waals surface area contributed by atoms with Gasteiger partial charge in [0.1, 0.15) is 0 Å². The molecule has 1 aromatic rings. The van der Waals surface area contributed by atoms with E-state index in [9.17, 15) is 0 Å². The molecule has 4 heteroatoms. The van der Waals surface area contributed by atoms with Gasteiger partial charge in [-0.15, -0.1) is 11.3 Å². The molecular weight excluding hydrogens is 296 g/mol. The summed E-state index contributed by atoms with van der Waals surface area (Å²) in [5.41, 5.74) is 0.340. The second-order valence-corrected chi connectivity index (χ2v) is 8.96. The van der Waals surface area contributed by atoms with Gasteiger partial charge in [-0.2, -0.15) is 0 Å². The molecule has 1 aliphatic heterocycles. The minimum absolute atomic E-state index is 0.303. The zero-order chi connectivity index (χ0) is 14.9. The molecule has 2 fully saturated rings. The first-order valence-corrected chi connectivity index (χ1v) is 9.97. The smallest absolute Gasteiger partial charge is 0.157 e. The summed E-state index contributed by atoms with van der Waals surface area (Å²) in [6, 6.07) is 4.66. The van der Waals surface area contributed by atoms with Crippen LogP contribution in [0.1, 0.15) is 57.4 Å². The molecular formula is C17H26N2S2. The highest BCUT2D eigenvalue weighted by atomic mass is 32.2. The molecule has 0 radical (unpaired) electrons. The molecule has 0 amide bonds. The molecule has 2 nitrogen and oxygen atoms in total. The predicted octanol–water partition coefficient (Wildman–Crippen LogP) is 5.09. The third-order valence-corrected chi connectivity index (χ3v) is 6.93. The van der Waals surface area contributed by atoms with Gasteiger partial charge in [0.15, 0.2) is 5.17 Å². The first-order valence-electron chi connectivity index (χ1n) is 8.10. The number of nitrogens with one attached hydrogen (secondary N) is 1. The molecule has 1 aromatic heterocycles. The first-order chi connectivity index (χ1) is 10.1. The summed E-state index contributed by atoms with van der Waals surface area (Å²) < 4.78 is 0. The number of aliphatic imine (C=N–C) groups is 1. The summed E-state index contributed by atoms with van der Waals surface area (Å²) in [5, 5.41) is 7.13. The lowest BCUT2D eigenvalue weighted by Crippen LogP contribution is -2.46. The van der Waals surface area contributed by atoms with Crippen LogP contribution in [-0.4, -0.2) is 16.5 Å². The molecule has 1 saturated heterocycles. The molecule has 21 heavy (non-hydrogen) atoms. The Labute approximate surface area is 136 Å². The minimum atomic E-state index is 0.303. The van der Waals surface area contributed by atoms with E-state index >= 15 is 0 Å². The molecule has 2 aliphatic rings. The van der Waals surface area contributed by atoms with E-state index in [2.05, 4.69) is 43.6 Å². The molecule has 1 unspecified atom stereocenters. The van der Waals surface area contributed by atoms with Gasteiger partial charge in [-0.05, 0) is 49.0 Å². The Morgan fingerprint density at radius 2 is 2.10 bits per heavy atom. The van der Waals surface area contributed by atoms with Gasteiger partial charge in [0.25, 0.3) is 0 Å². The number of rotatable bonds is 3. The number of hydrogen-bond acceptors (Lipinski definition) is 3. The van der Waals surface area contributed by atoms with Crippen LogP contribution in [0.3, 0.4) is 0 Å². The normalized spacial score (nSPS) is 32.8. The van der Waals surface area contributed by atoms with Crippen molar-refractivity contribution in [2.75, 3.05) is 5.75 Å². The van der Waals surface area contributed by atoms with Crippen LogP contribution in [0.25, 0.3) is 0 Å². The van der Waals surface area contributed by atoms with E-state index in [1.54, 1.807) is 0 Å². The van der Waals surface area contributed by atoms with Crippen molar-refractivity contribution in [2.24, 2.45) is 16.8 Å². The average Bonchev–Trinajstić information content (AvgIpc) is 3.10. The van der Waals surface area contributed by atoms with Crippen molar-refractivity contribution >= 4 is 28.3 Å². The molecule has 1 aliphatic carbocycles. The second-order valence-electron chi connectivity index (χ2n) is 7.02. The standard InChI is InChI=1S/C17H26N2S2/c1-12(2)15(14-5-4-10-20-14)18-16-19-17(11-21-16)8-6-13(3)7-9-17/h4-5,10,12-13,15H,6-9,11H2,1-3H3,(H,18,19). The van der Waals surface area contributed by atoms with Crippen LogP contribution in [0.4, 0.5) is 0 Å². The maximum atomic E-state index is 5.07. The van der Waals surface area contributed by atoms with Crippen LogP contribution >= 0.6 is 23.1 Å². The average molecular weight is 323 g/mol. The van der Waals surface area contributed by atoms with E-state index in [4.69, 9.17) is 4.99 Å². The van der Waals surface area contributed by atoms with E-state index in [0.29, 0.717) is 17.5 Å². The molecule has 1 spiro atoms. The number of thioether (sulfide) groups is 1. The van der Waals surface area contributed by atoms with Crippen molar-refractivity contribution in [3.63, 3.8) is 0 Å². The van der Waals surface area contributed by atoms with Gasteiger partial charge in [0, 0.05) is 16.2 Å². The van der Waals surface area contributed by atoms with Crippen molar-refractivity contribution in [3.05, 3.63) is 22.4 Å². The van der Waals surface area contributed by atoms with E-state index in [1.165, 1.54) is 41.5 Å². The molecule has 0 bridgehead atoms. The Hall–Kier alpha value is -0.480. The molecule has 1 saturated carbocycles. The highest BCUT2D eigenvalue weighted by molar-refractivity contribution is 8.14. The van der Waals surface area contributed by atoms with E-state index in [1.807, 2.05) is 23.1 Å². The number of thiophene rings is 1. The van der Waals surface area contributed by atoms with Crippen LogP contribution in [0, 0.1) is 11.8 Å². The monoisotopic (exact) mass is 322 g/mol. The zero-order valence-corrected chi connectivity index (χ0v) is 14.9. The molecule has 1 N–H and O–H groups in total. The largest absolute Gasteiger partial charge is 0.359 e. The van der Waals surface area contributed by atoms with Gasteiger partial charge < -0.3 is 5.32 Å². The minimum Gasteiger partial charge on any atom is -0.359 e. The van der Waals surface area contributed by atoms with Crippen molar-refractivity contribution in [1.29, 1.82) is 0 Å². The summed E-state index contributed by atoms with van der Waals surface area (Å²) in [4.78, 5) is 6.45. The summed E-state index contributed by atoms with van der Waals surface area (Å²) in [5.74, 6) is 2.65. The van der Waals surface area contributed by atoms with E-state index in [-0.39, 0.29) is 0 Å². The van der Waals surface area contributed by atoms with E-state index < -0.39 is 0 Å². The number of hydrogen-bond donors (Lipinski definition) is 1. The Kier molecular flexibility index (Phi) is 4.65. The SMILES string of the molecule is CC1CCC2(CC1)CSC(=NC(c1cccs1)C(C)C)N2. The second kappa shape index (κ2) is 6.33. The summed E-state index contributed by atoms with van der Waals surface area (Å²) in [6.07, 6.45) is 5.34. The third-order valence-electron chi connectivity index (χ3n) is 4.81. The lowest BCUT2D eigenvalue weighted by Gasteiger charge is -2.35. The zero-order valence-electron chi connectivity index (χ0n) is 13.3. The summed E-state index contributed by atoms with van der Waals surface area (Å²) in [7, 11) is 0. The van der Waals surface area contributed by atoms with Crippen LogP contribution in [-0.2, 0) is 0 Å². The van der Waals surface area contributed by atoms with Crippen molar-refractivity contribution in [2.45, 2.75) is 58.0 Å². The van der Waals surface area contributed by atoms with Crippen LogP contribution in [0.5, 0.6) is 0 Å². The van der Waals surface area contributed by atoms with Crippen LogP contribution in [0.15, 0.2) is 22.5 Å². The highest BCUT2D eigenvalue weighted by Crippen LogP contribution is 2.39. The lowest BCUT2D eigenvalue weighted by atomic mass is 9.78. The number of nitrogens with zero attached hydrogens (tertiary/aromatic N) is 1. The molecule has 1 atom stereocenters. The third kappa shape index (κ3) is 3.48. The van der Waals surface area contributed by atoms with Gasteiger partial charge in [0.2, 0.25) is 0 Å². The van der Waals surface area contributed by atoms with Crippen LogP contribution in [0.2, 0.25) is 0 Å². The van der Waals surface area contributed by atoms with Gasteiger partial charge in [-0.25, -0.2) is 0 Å². The fraction of sp³-hybridized carbons (Fsp3) is 0.706.